The minimum Gasteiger partial charge on any atom is -0.379 e. The molecule has 0 aromatic rings. The van der Waals surface area contributed by atoms with Crippen LogP contribution in [0.25, 0.3) is 0 Å². The van der Waals surface area contributed by atoms with E-state index < -0.39 is 0 Å². The lowest BCUT2D eigenvalue weighted by Crippen LogP contribution is -2.67. The lowest BCUT2D eigenvalue weighted by atomic mass is 9.93. The summed E-state index contributed by atoms with van der Waals surface area (Å²) in [5.41, 5.74) is 0. The number of nitrogens with one attached hydrogen (secondary N) is 1. The first-order valence-electron chi connectivity index (χ1n) is 7.26. The van der Waals surface area contributed by atoms with E-state index >= 15 is 0 Å². The number of hydrogen-bond donors (Lipinski definition) is 1. The zero-order valence-corrected chi connectivity index (χ0v) is 12.0. The fourth-order valence-electron chi connectivity index (χ4n) is 3.01. The van der Waals surface area contributed by atoms with Crippen molar-refractivity contribution < 1.29 is 14.3 Å². The Labute approximate surface area is 114 Å². The zero-order chi connectivity index (χ0) is 14.0. The molecule has 0 saturated carbocycles. The van der Waals surface area contributed by atoms with Crippen molar-refractivity contribution >= 4 is 11.8 Å². The van der Waals surface area contributed by atoms with Crippen LogP contribution in [0.2, 0.25) is 0 Å². The average molecular weight is 268 g/mol. The zero-order valence-electron chi connectivity index (χ0n) is 12.0. The third-order valence-corrected chi connectivity index (χ3v) is 4.01. The van der Waals surface area contributed by atoms with Crippen molar-refractivity contribution in [2.24, 2.45) is 5.92 Å². The largest absolute Gasteiger partial charge is 0.379 e. The van der Waals surface area contributed by atoms with Gasteiger partial charge >= 0.3 is 0 Å². The van der Waals surface area contributed by atoms with E-state index in [9.17, 15) is 9.59 Å². The summed E-state index contributed by atoms with van der Waals surface area (Å²) in [6.07, 6.45) is 2.52. The second-order valence-electron chi connectivity index (χ2n) is 5.77. The number of ether oxygens (including phenoxy) is 1. The van der Waals surface area contributed by atoms with Gasteiger partial charge in [0.05, 0.1) is 12.6 Å². The van der Waals surface area contributed by atoms with E-state index in [1.807, 2.05) is 20.8 Å². The molecule has 0 aliphatic carbocycles. The van der Waals surface area contributed by atoms with Crippen LogP contribution in [0.1, 0.15) is 40.0 Å². The highest BCUT2D eigenvalue weighted by Gasteiger charge is 2.44. The Kier molecular flexibility index (Phi) is 4.45. The highest BCUT2D eigenvalue weighted by atomic mass is 16.5. The van der Waals surface area contributed by atoms with Gasteiger partial charge in [0, 0.05) is 6.61 Å². The summed E-state index contributed by atoms with van der Waals surface area (Å²) >= 11 is 0. The second kappa shape index (κ2) is 5.90. The molecule has 2 aliphatic rings. The van der Waals surface area contributed by atoms with Crippen molar-refractivity contribution in [3.8, 4) is 0 Å². The highest BCUT2D eigenvalue weighted by Crippen LogP contribution is 2.25. The predicted octanol–water partition coefficient (Wildman–Crippen LogP) is 0.927. The number of hydrogen-bond acceptors (Lipinski definition) is 3. The van der Waals surface area contributed by atoms with Gasteiger partial charge in [-0.3, -0.25) is 9.59 Å². The Morgan fingerprint density at radius 3 is 2.68 bits per heavy atom. The summed E-state index contributed by atoms with van der Waals surface area (Å²) in [6, 6.07) is -0.680. The van der Waals surface area contributed by atoms with Crippen LogP contribution in [0.15, 0.2) is 0 Å². The summed E-state index contributed by atoms with van der Waals surface area (Å²) in [4.78, 5) is 26.6. The molecule has 2 aliphatic heterocycles. The Bertz CT molecular complexity index is 351. The fourth-order valence-corrected chi connectivity index (χ4v) is 3.01. The molecule has 19 heavy (non-hydrogen) atoms. The average Bonchev–Trinajstić information content (AvgIpc) is 2.41. The van der Waals surface area contributed by atoms with E-state index in [-0.39, 0.29) is 35.9 Å². The molecule has 0 spiro atoms. The predicted molar refractivity (Wildman–Crippen MR) is 71.5 cm³/mol. The number of piperazine rings is 1. The summed E-state index contributed by atoms with van der Waals surface area (Å²) in [5, 5.41) is 2.85. The van der Waals surface area contributed by atoms with Crippen molar-refractivity contribution in [1.82, 2.24) is 10.2 Å². The summed E-state index contributed by atoms with van der Waals surface area (Å²) in [5.74, 6) is 0.145. The van der Waals surface area contributed by atoms with E-state index in [2.05, 4.69) is 5.32 Å². The van der Waals surface area contributed by atoms with Crippen LogP contribution in [0.4, 0.5) is 0 Å². The molecule has 2 heterocycles. The topological polar surface area (TPSA) is 58.6 Å². The molecule has 3 atom stereocenters. The maximum absolute atomic E-state index is 12.6. The van der Waals surface area contributed by atoms with Gasteiger partial charge in [-0.1, -0.05) is 20.8 Å². The van der Waals surface area contributed by atoms with Gasteiger partial charge in [0.2, 0.25) is 11.8 Å². The molecular formula is C14H24N2O3. The molecule has 108 valence electrons. The van der Waals surface area contributed by atoms with Gasteiger partial charge in [0.15, 0.2) is 0 Å². The lowest BCUT2D eigenvalue weighted by molar-refractivity contribution is -0.157. The van der Waals surface area contributed by atoms with Crippen LogP contribution in [-0.2, 0) is 14.3 Å². The van der Waals surface area contributed by atoms with Crippen LogP contribution in [0.5, 0.6) is 0 Å². The Morgan fingerprint density at radius 1 is 1.42 bits per heavy atom. The van der Waals surface area contributed by atoms with Crippen molar-refractivity contribution in [3.63, 3.8) is 0 Å². The van der Waals surface area contributed by atoms with Gasteiger partial charge in [0.25, 0.3) is 0 Å². The van der Waals surface area contributed by atoms with Crippen LogP contribution in [-0.4, -0.2) is 48.1 Å². The molecular weight excluding hydrogens is 244 g/mol. The maximum atomic E-state index is 12.6. The first-order chi connectivity index (χ1) is 9.06. The standard InChI is InChI=1S/C14H24N2O3/c1-4-11-14(18)16(10-6-5-7-19-8-10)12(9(2)3)13(17)15-11/h9-12H,4-8H2,1-3H3,(H,15,17). The van der Waals surface area contributed by atoms with Gasteiger partial charge in [-0.25, -0.2) is 0 Å². The minimum atomic E-state index is -0.371. The minimum absolute atomic E-state index is 0.0213. The van der Waals surface area contributed by atoms with Crippen molar-refractivity contribution in [2.45, 2.75) is 58.2 Å². The third-order valence-electron chi connectivity index (χ3n) is 4.01. The molecule has 2 fully saturated rings. The number of nitrogens with zero attached hydrogens (tertiary/aromatic N) is 1. The van der Waals surface area contributed by atoms with E-state index in [0.29, 0.717) is 13.0 Å². The number of carbonyl (C=O) groups excluding carboxylic acids is 2. The fraction of sp³-hybridized carbons (Fsp3) is 0.857. The summed E-state index contributed by atoms with van der Waals surface area (Å²) < 4.78 is 5.49. The monoisotopic (exact) mass is 268 g/mol. The Hall–Kier alpha value is -1.10. The number of carbonyl (C=O) groups is 2. The van der Waals surface area contributed by atoms with E-state index in [1.54, 1.807) is 4.90 Å². The second-order valence-corrected chi connectivity index (χ2v) is 5.77. The van der Waals surface area contributed by atoms with Crippen LogP contribution < -0.4 is 5.32 Å². The molecule has 0 bridgehead atoms. The van der Waals surface area contributed by atoms with Crippen LogP contribution in [0, 0.1) is 5.92 Å². The first kappa shape index (κ1) is 14.3. The number of rotatable bonds is 3. The molecule has 0 radical (unpaired) electrons. The van der Waals surface area contributed by atoms with Crippen LogP contribution >= 0.6 is 0 Å². The smallest absolute Gasteiger partial charge is 0.246 e. The highest BCUT2D eigenvalue weighted by molar-refractivity contribution is 5.97. The quantitative estimate of drug-likeness (QED) is 0.828. The van der Waals surface area contributed by atoms with Gasteiger partial charge in [-0.05, 0) is 25.2 Å². The van der Waals surface area contributed by atoms with Crippen molar-refractivity contribution in [3.05, 3.63) is 0 Å². The molecule has 1 N–H and O–H groups in total. The molecule has 2 saturated heterocycles. The maximum Gasteiger partial charge on any atom is 0.246 e. The van der Waals surface area contributed by atoms with E-state index in [0.717, 1.165) is 19.4 Å². The Morgan fingerprint density at radius 2 is 2.16 bits per heavy atom. The van der Waals surface area contributed by atoms with Gasteiger partial charge < -0.3 is 15.0 Å². The summed E-state index contributed by atoms with van der Waals surface area (Å²) in [6.45, 7) is 7.21. The van der Waals surface area contributed by atoms with Crippen molar-refractivity contribution in [1.29, 1.82) is 0 Å². The molecule has 5 heteroatoms. The third kappa shape index (κ3) is 2.76. The van der Waals surface area contributed by atoms with E-state index in [1.165, 1.54) is 0 Å². The van der Waals surface area contributed by atoms with Gasteiger partial charge in [0.1, 0.15) is 12.1 Å². The summed E-state index contributed by atoms with van der Waals surface area (Å²) in [7, 11) is 0. The molecule has 2 amide bonds. The molecule has 2 rings (SSSR count). The molecule has 0 aromatic carbocycles. The molecule has 3 unspecified atom stereocenters. The molecule has 5 nitrogen and oxygen atoms in total. The van der Waals surface area contributed by atoms with E-state index in [4.69, 9.17) is 4.74 Å². The normalized spacial score (nSPS) is 32.6. The molecule has 0 aromatic heterocycles. The van der Waals surface area contributed by atoms with Gasteiger partial charge in [-0.15, -0.1) is 0 Å². The van der Waals surface area contributed by atoms with Crippen molar-refractivity contribution in [2.75, 3.05) is 13.2 Å². The first-order valence-corrected chi connectivity index (χ1v) is 7.26. The number of amides is 2. The van der Waals surface area contributed by atoms with Crippen LogP contribution in [0.3, 0.4) is 0 Å². The van der Waals surface area contributed by atoms with Gasteiger partial charge in [-0.2, -0.15) is 0 Å². The SMILES string of the molecule is CCC1NC(=O)C(C(C)C)N(C2CCCOC2)C1=O. The lowest BCUT2D eigenvalue weighted by Gasteiger charge is -2.45. The Balaban J connectivity index is 2.25.